The highest BCUT2D eigenvalue weighted by molar-refractivity contribution is 5.96. The zero-order valence-corrected chi connectivity index (χ0v) is 25.6. The van der Waals surface area contributed by atoms with Crippen LogP contribution in [-0.2, 0) is 0 Å². The summed E-state index contributed by atoms with van der Waals surface area (Å²) in [7, 11) is 0. The Hall–Kier alpha value is -6.46. The molecule has 1 aliphatic heterocycles. The van der Waals surface area contributed by atoms with E-state index >= 15 is 0 Å². The van der Waals surface area contributed by atoms with Crippen molar-refractivity contribution in [2.24, 2.45) is 0 Å². The Bertz CT molecular complexity index is 2060. The Morgan fingerprint density at radius 2 is 0.574 bits per heavy atom. The summed E-state index contributed by atoms with van der Waals surface area (Å²) in [6.07, 6.45) is 0. The maximum absolute atomic E-state index is 9.09. The van der Waals surface area contributed by atoms with E-state index in [0.29, 0.717) is 0 Å². The second-order valence-electron chi connectivity index (χ2n) is 11.5. The number of nitrogens with zero attached hydrogens (tertiary/aromatic N) is 2. The van der Waals surface area contributed by atoms with Crippen molar-refractivity contribution in [1.29, 1.82) is 10.8 Å². The molecular weight excluding hydrogens is 574 g/mol. The molecule has 0 fully saturated rings. The van der Waals surface area contributed by atoms with Crippen LogP contribution >= 0.6 is 0 Å². The predicted molar refractivity (Wildman–Crippen MR) is 192 cm³/mol. The van der Waals surface area contributed by atoms with Gasteiger partial charge in [-0.05, 0) is 83.9 Å². The molecule has 0 saturated heterocycles. The fourth-order valence-electron chi connectivity index (χ4n) is 6.30. The molecule has 0 aromatic heterocycles. The van der Waals surface area contributed by atoms with E-state index in [2.05, 4.69) is 112 Å². The van der Waals surface area contributed by atoms with Gasteiger partial charge in [0.25, 0.3) is 0 Å². The van der Waals surface area contributed by atoms with Gasteiger partial charge in [-0.25, -0.2) is 0 Å². The third-order valence-corrected chi connectivity index (χ3v) is 8.57. The highest BCUT2D eigenvalue weighted by atomic mass is 15.1. The van der Waals surface area contributed by atoms with Crippen molar-refractivity contribution in [3.8, 4) is 33.6 Å². The van der Waals surface area contributed by atoms with E-state index in [0.717, 1.165) is 67.8 Å². The third kappa shape index (κ3) is 5.20. The molecule has 0 atom stereocenters. The van der Waals surface area contributed by atoms with Crippen molar-refractivity contribution in [1.82, 2.24) is 4.98 Å². The van der Waals surface area contributed by atoms with E-state index in [1.54, 1.807) is 0 Å². The van der Waals surface area contributed by atoms with Crippen LogP contribution in [0.15, 0.2) is 170 Å². The van der Waals surface area contributed by atoms with Gasteiger partial charge in [-0.3, -0.25) is 10.8 Å². The molecule has 0 saturated carbocycles. The number of nitrogens with one attached hydrogen (secondary N) is 3. The van der Waals surface area contributed by atoms with Gasteiger partial charge in [0, 0.05) is 45.3 Å². The Morgan fingerprint density at radius 1 is 0.319 bits per heavy atom. The van der Waals surface area contributed by atoms with Gasteiger partial charge < -0.3 is 14.8 Å². The molecule has 2 aliphatic rings. The summed E-state index contributed by atoms with van der Waals surface area (Å²) in [5.74, 6) is 0. The average molecular weight is 606 g/mol. The van der Waals surface area contributed by atoms with Crippen LogP contribution < -0.4 is 20.5 Å². The van der Waals surface area contributed by atoms with E-state index in [1.165, 1.54) is 0 Å². The first-order valence-electron chi connectivity index (χ1n) is 15.6. The van der Waals surface area contributed by atoms with Crippen molar-refractivity contribution in [3.63, 3.8) is 0 Å². The molecule has 5 nitrogen and oxygen atoms in total. The lowest BCUT2D eigenvalue weighted by Gasteiger charge is -2.25. The molecule has 0 unspecified atom stereocenters. The molecule has 3 N–H and O–H groups in total. The van der Waals surface area contributed by atoms with Gasteiger partial charge in [0.05, 0.1) is 22.1 Å². The molecular formula is C42H31N5. The SMILES string of the molecule is N=c1c(-c2ccc(N(c3ccccc3)c3ccccc3)cc2)c2[nH]c-2c(-c2ccc(N(c3ccccc3)c3ccccc3)cc2)c1=N. The molecule has 5 heteroatoms. The summed E-state index contributed by atoms with van der Waals surface area (Å²) in [5.41, 5.74) is 11.5. The summed E-state index contributed by atoms with van der Waals surface area (Å²) in [6, 6.07) is 57.8. The maximum Gasteiger partial charge on any atom is 0.0896 e. The minimum Gasteiger partial charge on any atom is -0.351 e. The molecule has 0 radical (unpaired) electrons. The lowest BCUT2D eigenvalue weighted by atomic mass is 9.95. The van der Waals surface area contributed by atoms with E-state index in [1.807, 2.05) is 72.8 Å². The van der Waals surface area contributed by atoms with Gasteiger partial charge in [0.1, 0.15) is 0 Å². The second-order valence-corrected chi connectivity index (χ2v) is 11.5. The number of benzene rings is 7. The molecule has 0 spiro atoms. The predicted octanol–water partition coefficient (Wildman–Crippen LogP) is 10.2. The monoisotopic (exact) mass is 605 g/mol. The molecule has 6 aromatic rings. The summed E-state index contributed by atoms with van der Waals surface area (Å²) >= 11 is 0. The molecule has 224 valence electrons. The summed E-state index contributed by atoms with van der Waals surface area (Å²) < 4.78 is 0. The van der Waals surface area contributed by atoms with E-state index in [-0.39, 0.29) is 10.7 Å². The van der Waals surface area contributed by atoms with Crippen molar-refractivity contribution in [2.45, 2.75) is 0 Å². The van der Waals surface area contributed by atoms with Crippen LogP contribution in [0, 0.1) is 10.8 Å². The van der Waals surface area contributed by atoms with Crippen LogP contribution in [0.25, 0.3) is 33.6 Å². The van der Waals surface area contributed by atoms with Gasteiger partial charge in [-0.1, -0.05) is 97.1 Å². The van der Waals surface area contributed by atoms with Gasteiger partial charge in [0.15, 0.2) is 0 Å². The van der Waals surface area contributed by atoms with Crippen molar-refractivity contribution in [2.75, 3.05) is 9.80 Å². The van der Waals surface area contributed by atoms with Gasteiger partial charge in [0.2, 0.25) is 0 Å². The smallest absolute Gasteiger partial charge is 0.0896 e. The van der Waals surface area contributed by atoms with Crippen LogP contribution in [0.3, 0.4) is 0 Å². The van der Waals surface area contributed by atoms with Crippen molar-refractivity contribution < 1.29 is 0 Å². The van der Waals surface area contributed by atoms with Gasteiger partial charge >= 0.3 is 0 Å². The summed E-state index contributed by atoms with van der Waals surface area (Å²) in [6.45, 7) is 0. The zero-order chi connectivity index (χ0) is 31.7. The van der Waals surface area contributed by atoms with Crippen LogP contribution in [0.1, 0.15) is 0 Å². The quantitative estimate of drug-likeness (QED) is 0.161. The molecule has 1 heterocycles. The standard InChI is InChI=1S/C42H31N5/c43-39-37(29-21-25-35(26-22-29)46(31-13-5-1-6-14-31)32-15-7-2-8-16-32)41-42(45-41)38(40(39)44)30-23-27-36(28-24-30)47(33-17-9-3-10-18-33)34-19-11-4-12-20-34/h1-28,43-45H. The highest BCUT2D eigenvalue weighted by Gasteiger charge is 2.27. The Kier molecular flexibility index (Phi) is 7.04. The van der Waals surface area contributed by atoms with Crippen LogP contribution in [0.2, 0.25) is 0 Å². The molecule has 0 amide bonds. The Balaban J connectivity index is 1.13. The largest absolute Gasteiger partial charge is 0.351 e. The number of hydrogen-bond donors (Lipinski definition) is 3. The molecule has 8 rings (SSSR count). The minimum atomic E-state index is 0.221. The fraction of sp³-hybridized carbons (Fsp3) is 0. The van der Waals surface area contributed by atoms with Crippen molar-refractivity contribution in [3.05, 3.63) is 181 Å². The first-order valence-corrected chi connectivity index (χ1v) is 15.6. The lowest BCUT2D eigenvalue weighted by Crippen LogP contribution is -2.27. The topological polar surface area (TPSA) is 70.0 Å². The molecule has 47 heavy (non-hydrogen) atoms. The number of aromatic amines is 1. The number of H-pyrrole nitrogens is 1. The van der Waals surface area contributed by atoms with E-state index < -0.39 is 0 Å². The fourth-order valence-corrected chi connectivity index (χ4v) is 6.30. The third-order valence-electron chi connectivity index (χ3n) is 8.57. The van der Waals surface area contributed by atoms with Crippen LogP contribution in [0.5, 0.6) is 0 Å². The second kappa shape index (κ2) is 11.8. The van der Waals surface area contributed by atoms with Gasteiger partial charge in [-0.2, -0.15) is 0 Å². The summed E-state index contributed by atoms with van der Waals surface area (Å²) in [5, 5.41) is 18.6. The molecule has 0 bridgehead atoms. The van der Waals surface area contributed by atoms with Gasteiger partial charge in [-0.15, -0.1) is 0 Å². The van der Waals surface area contributed by atoms with E-state index in [9.17, 15) is 0 Å². The lowest BCUT2D eigenvalue weighted by molar-refractivity contribution is 1.15. The number of rotatable bonds is 8. The minimum absolute atomic E-state index is 0.221. The van der Waals surface area contributed by atoms with E-state index in [4.69, 9.17) is 10.8 Å². The first-order chi connectivity index (χ1) is 23.2. The molecule has 1 aliphatic carbocycles. The number of fused-ring (bicyclic) bond motifs is 1. The molecule has 6 aromatic carbocycles. The van der Waals surface area contributed by atoms with Crippen molar-refractivity contribution >= 4 is 34.1 Å². The number of hydrogen-bond acceptors (Lipinski definition) is 4. The number of aromatic nitrogens is 1. The Morgan fingerprint density at radius 3 is 0.851 bits per heavy atom. The first kappa shape index (κ1) is 28.0. The highest BCUT2D eigenvalue weighted by Crippen LogP contribution is 2.42. The number of para-hydroxylation sites is 4. The normalized spacial score (nSPS) is 11.1. The zero-order valence-electron chi connectivity index (χ0n) is 25.6. The average Bonchev–Trinajstić information content (AvgIpc) is 3.92. The summed E-state index contributed by atoms with van der Waals surface area (Å²) in [4.78, 5) is 7.86. The van der Waals surface area contributed by atoms with Crippen LogP contribution in [-0.4, -0.2) is 4.98 Å². The maximum atomic E-state index is 9.09. The number of anilines is 6. The Labute approximate surface area is 273 Å². The van der Waals surface area contributed by atoms with Crippen LogP contribution in [0.4, 0.5) is 34.1 Å².